The van der Waals surface area contributed by atoms with E-state index in [1.54, 1.807) is 21.3 Å². The van der Waals surface area contributed by atoms with E-state index in [2.05, 4.69) is 12.1 Å². The Bertz CT molecular complexity index is 978. The lowest BCUT2D eigenvalue weighted by atomic mass is 9.66. The van der Waals surface area contributed by atoms with E-state index in [1.807, 2.05) is 12.1 Å². The third-order valence-corrected chi connectivity index (χ3v) is 6.73. The summed E-state index contributed by atoms with van der Waals surface area (Å²) in [7, 11) is 4.85. The molecular formula is C22H22O7. The number of hydrogen-bond donors (Lipinski definition) is 0. The predicted octanol–water partition coefficient (Wildman–Crippen LogP) is 3.03. The quantitative estimate of drug-likeness (QED) is 0.784. The van der Waals surface area contributed by atoms with Gasteiger partial charge in [0.05, 0.1) is 40.6 Å². The number of hydrogen-bond acceptors (Lipinski definition) is 7. The molecule has 0 radical (unpaired) electrons. The van der Waals surface area contributed by atoms with Crippen LogP contribution in [-0.2, 0) is 15.1 Å². The van der Waals surface area contributed by atoms with E-state index >= 15 is 0 Å². The van der Waals surface area contributed by atoms with Gasteiger partial charge in [0.1, 0.15) is 5.60 Å². The second kappa shape index (κ2) is 5.93. The highest BCUT2D eigenvalue weighted by atomic mass is 16.7. The lowest BCUT2D eigenvalue weighted by Gasteiger charge is -2.39. The van der Waals surface area contributed by atoms with Crippen LogP contribution in [0.15, 0.2) is 24.3 Å². The van der Waals surface area contributed by atoms with E-state index in [9.17, 15) is 0 Å². The average molecular weight is 398 g/mol. The number of rotatable bonds is 4. The van der Waals surface area contributed by atoms with Gasteiger partial charge in [0.2, 0.25) is 12.5 Å². The molecule has 6 rings (SSSR count). The van der Waals surface area contributed by atoms with Crippen molar-refractivity contribution in [1.82, 2.24) is 0 Å². The zero-order valence-electron chi connectivity index (χ0n) is 16.5. The molecule has 0 amide bonds. The summed E-state index contributed by atoms with van der Waals surface area (Å²) in [5.74, 6) is 3.76. The van der Waals surface area contributed by atoms with Crippen LogP contribution in [0.25, 0.3) is 0 Å². The molecule has 7 nitrogen and oxygen atoms in total. The smallest absolute Gasteiger partial charge is 0.231 e. The van der Waals surface area contributed by atoms with Crippen LogP contribution in [0.5, 0.6) is 28.7 Å². The van der Waals surface area contributed by atoms with Gasteiger partial charge in [-0.3, -0.25) is 0 Å². The fourth-order valence-electron chi connectivity index (χ4n) is 5.48. The molecule has 2 saturated heterocycles. The van der Waals surface area contributed by atoms with Gasteiger partial charge in [0, 0.05) is 11.8 Å². The van der Waals surface area contributed by atoms with Crippen LogP contribution >= 0.6 is 0 Å². The molecule has 3 heterocycles. The molecule has 2 aromatic rings. The van der Waals surface area contributed by atoms with Crippen molar-refractivity contribution in [2.45, 2.75) is 11.7 Å². The fourth-order valence-corrected chi connectivity index (χ4v) is 5.48. The van der Waals surface area contributed by atoms with Gasteiger partial charge in [-0.15, -0.1) is 0 Å². The van der Waals surface area contributed by atoms with Crippen LogP contribution in [0.3, 0.4) is 0 Å². The first-order chi connectivity index (χ1) is 14.2. The van der Waals surface area contributed by atoms with Crippen molar-refractivity contribution in [1.29, 1.82) is 0 Å². The molecule has 152 valence electrons. The third-order valence-electron chi connectivity index (χ3n) is 6.73. The Balaban J connectivity index is 1.62. The zero-order chi connectivity index (χ0) is 19.8. The van der Waals surface area contributed by atoms with Gasteiger partial charge >= 0.3 is 0 Å². The normalized spacial score (nSPS) is 30.2. The number of fused-ring (bicyclic) bond motifs is 4. The lowest BCUT2D eigenvalue weighted by molar-refractivity contribution is -0.0132. The topological polar surface area (TPSA) is 64.6 Å². The van der Waals surface area contributed by atoms with E-state index in [4.69, 9.17) is 33.2 Å². The molecule has 1 aliphatic carbocycles. The molecular weight excluding hydrogens is 376 g/mol. The van der Waals surface area contributed by atoms with Crippen molar-refractivity contribution in [2.75, 3.05) is 41.3 Å². The summed E-state index contributed by atoms with van der Waals surface area (Å²) in [4.78, 5) is 0. The molecule has 0 unspecified atom stereocenters. The Morgan fingerprint density at radius 3 is 2.31 bits per heavy atom. The van der Waals surface area contributed by atoms with E-state index < -0.39 is 5.60 Å². The van der Waals surface area contributed by atoms with E-state index in [-0.39, 0.29) is 18.8 Å². The highest BCUT2D eigenvalue weighted by molar-refractivity contribution is 5.61. The summed E-state index contributed by atoms with van der Waals surface area (Å²) in [5, 5.41) is 0. The Labute approximate surface area is 168 Å². The Kier molecular flexibility index (Phi) is 3.53. The van der Waals surface area contributed by atoms with Crippen molar-refractivity contribution in [3.8, 4) is 28.7 Å². The van der Waals surface area contributed by atoms with Crippen molar-refractivity contribution >= 4 is 0 Å². The van der Waals surface area contributed by atoms with Crippen LogP contribution in [-0.4, -0.2) is 41.3 Å². The number of methoxy groups -OCH3 is 3. The van der Waals surface area contributed by atoms with Gasteiger partial charge in [-0.1, -0.05) is 0 Å². The third kappa shape index (κ3) is 2.04. The number of ether oxygens (including phenoxy) is 7. The first-order valence-electron chi connectivity index (χ1n) is 9.71. The average Bonchev–Trinajstić information content (AvgIpc) is 3.43. The molecule has 3 aliphatic heterocycles. The second-order valence-corrected chi connectivity index (χ2v) is 7.78. The Morgan fingerprint density at radius 1 is 0.897 bits per heavy atom. The maximum absolute atomic E-state index is 6.61. The zero-order valence-corrected chi connectivity index (χ0v) is 16.5. The Hall–Kier alpha value is -2.64. The summed E-state index contributed by atoms with van der Waals surface area (Å²) in [6.07, 6.45) is 0.0159. The minimum atomic E-state index is -0.666. The molecule has 4 aliphatic rings. The van der Waals surface area contributed by atoms with Gasteiger partial charge in [-0.05, 0) is 41.0 Å². The maximum atomic E-state index is 6.61. The highest BCUT2D eigenvalue weighted by Gasteiger charge is 2.63. The van der Waals surface area contributed by atoms with Crippen LogP contribution in [0.4, 0.5) is 0 Å². The molecule has 2 aromatic carbocycles. The van der Waals surface area contributed by atoms with Crippen molar-refractivity contribution < 1.29 is 33.2 Å². The minimum absolute atomic E-state index is 0.0159. The molecule has 7 heteroatoms. The SMILES string of the molecule is COc1cc([C@@]23OC[C@H]4[C@H](OC[C@H]42)c2cc4c(cc23)OCO4)cc(OC)c1OC. The van der Waals surface area contributed by atoms with Gasteiger partial charge in [-0.2, -0.15) is 0 Å². The first kappa shape index (κ1) is 17.2. The molecule has 0 spiro atoms. The molecule has 4 bridgehead atoms. The van der Waals surface area contributed by atoms with Gasteiger partial charge in [-0.25, -0.2) is 0 Å². The van der Waals surface area contributed by atoms with Crippen molar-refractivity contribution in [3.63, 3.8) is 0 Å². The second-order valence-electron chi connectivity index (χ2n) is 7.78. The van der Waals surface area contributed by atoms with Crippen molar-refractivity contribution in [2.24, 2.45) is 11.8 Å². The standard InChI is InChI=1S/C22H22O7/c1-23-18-4-11(5-19(24-2)21(18)25-3)22-14-7-17-16(27-10-28-17)6-12(14)20-13(8-29-22)15(22)9-26-20/h4-7,13,15,20H,8-10H2,1-3H3/t13-,15-,20-,22+/m1/s1. The summed E-state index contributed by atoms with van der Waals surface area (Å²) in [6.45, 7) is 1.49. The molecule has 0 aromatic heterocycles. The summed E-state index contributed by atoms with van der Waals surface area (Å²) in [5.41, 5.74) is 2.47. The highest BCUT2D eigenvalue weighted by Crippen LogP contribution is 2.64. The monoisotopic (exact) mass is 398 g/mol. The van der Waals surface area contributed by atoms with Gasteiger partial charge < -0.3 is 33.2 Å². The first-order valence-corrected chi connectivity index (χ1v) is 9.71. The predicted molar refractivity (Wildman–Crippen MR) is 101 cm³/mol. The van der Waals surface area contributed by atoms with E-state index in [1.165, 1.54) is 0 Å². The van der Waals surface area contributed by atoms with Gasteiger partial charge in [0.15, 0.2) is 23.0 Å². The number of benzene rings is 2. The van der Waals surface area contributed by atoms with Crippen LogP contribution < -0.4 is 23.7 Å². The lowest BCUT2D eigenvalue weighted by Crippen LogP contribution is -2.39. The fraction of sp³-hybridized carbons (Fsp3) is 0.455. The van der Waals surface area contributed by atoms with Gasteiger partial charge in [0.25, 0.3) is 0 Å². The molecule has 0 N–H and O–H groups in total. The maximum Gasteiger partial charge on any atom is 0.231 e. The van der Waals surface area contributed by atoms with Crippen LogP contribution in [0.2, 0.25) is 0 Å². The van der Waals surface area contributed by atoms with Crippen molar-refractivity contribution in [3.05, 3.63) is 41.0 Å². The molecule has 2 fully saturated rings. The molecule has 4 atom stereocenters. The summed E-state index contributed by atoms with van der Waals surface area (Å²) < 4.78 is 40.9. The minimum Gasteiger partial charge on any atom is -0.493 e. The molecule has 29 heavy (non-hydrogen) atoms. The Morgan fingerprint density at radius 2 is 1.62 bits per heavy atom. The summed E-state index contributed by atoms with van der Waals surface area (Å²) >= 11 is 0. The summed E-state index contributed by atoms with van der Waals surface area (Å²) in [6, 6.07) is 8.07. The van der Waals surface area contributed by atoms with Crippen LogP contribution in [0, 0.1) is 11.8 Å². The van der Waals surface area contributed by atoms with E-state index in [0.717, 1.165) is 28.2 Å². The van der Waals surface area contributed by atoms with Crippen LogP contribution in [0.1, 0.15) is 22.8 Å². The largest absolute Gasteiger partial charge is 0.493 e. The molecule has 0 saturated carbocycles. The van der Waals surface area contributed by atoms with E-state index in [0.29, 0.717) is 36.4 Å².